The number of aryl methyl sites for hydroxylation is 1. The zero-order valence-corrected chi connectivity index (χ0v) is 11.5. The van der Waals surface area contributed by atoms with Crippen LogP contribution in [-0.4, -0.2) is 18.2 Å². The Morgan fingerprint density at radius 1 is 1.10 bits per heavy atom. The molecule has 0 saturated carbocycles. The van der Waals surface area contributed by atoms with Crippen molar-refractivity contribution in [1.82, 2.24) is 0 Å². The summed E-state index contributed by atoms with van der Waals surface area (Å²) in [5.41, 5.74) is 3.31. The minimum Gasteiger partial charge on any atom is -0.507 e. The Kier molecular flexibility index (Phi) is 4.20. The Morgan fingerprint density at radius 2 is 1.80 bits per heavy atom. The molecule has 102 valence electrons. The Hall–Kier alpha value is -2.55. The lowest BCUT2D eigenvalue weighted by Gasteiger charge is -2.01. The summed E-state index contributed by atoms with van der Waals surface area (Å²) in [6, 6.07) is 12.5. The van der Waals surface area contributed by atoms with Crippen molar-refractivity contribution in [3.63, 3.8) is 0 Å². The zero-order valence-electron chi connectivity index (χ0n) is 11.5. The molecule has 0 aliphatic heterocycles. The molecule has 0 bridgehead atoms. The second-order valence-corrected chi connectivity index (χ2v) is 4.51. The Labute approximate surface area is 118 Å². The third kappa shape index (κ3) is 3.26. The molecule has 0 spiro atoms. The molecule has 0 radical (unpaired) electrons. The standard InChI is InChI=1S/C17H16O3/c1-12-3-10-16(18)15(11-12)9-6-13-4-7-14(8-5-13)17(19)20-2/h3-11,18H,1-2H3/b9-6+. The molecule has 3 nitrogen and oxygen atoms in total. The minimum atomic E-state index is -0.350. The van der Waals surface area contributed by atoms with Gasteiger partial charge in [-0.05, 0) is 36.8 Å². The number of aromatic hydroxyl groups is 1. The van der Waals surface area contributed by atoms with Crippen molar-refractivity contribution in [2.75, 3.05) is 7.11 Å². The van der Waals surface area contributed by atoms with Crippen molar-refractivity contribution >= 4 is 18.1 Å². The van der Waals surface area contributed by atoms with Gasteiger partial charge in [-0.15, -0.1) is 0 Å². The van der Waals surface area contributed by atoms with Crippen LogP contribution >= 0.6 is 0 Å². The first kappa shape index (κ1) is 13.9. The summed E-state index contributed by atoms with van der Waals surface area (Å²) in [4.78, 5) is 11.3. The van der Waals surface area contributed by atoms with E-state index in [4.69, 9.17) is 0 Å². The van der Waals surface area contributed by atoms with Gasteiger partial charge < -0.3 is 9.84 Å². The Bertz CT molecular complexity index is 640. The average Bonchev–Trinajstić information content (AvgIpc) is 2.48. The number of methoxy groups -OCH3 is 1. The molecule has 3 heteroatoms. The van der Waals surface area contributed by atoms with Gasteiger partial charge in [0.05, 0.1) is 12.7 Å². The first-order valence-corrected chi connectivity index (χ1v) is 6.26. The normalized spacial score (nSPS) is 10.7. The monoisotopic (exact) mass is 268 g/mol. The van der Waals surface area contributed by atoms with E-state index in [-0.39, 0.29) is 11.7 Å². The summed E-state index contributed by atoms with van der Waals surface area (Å²) in [7, 11) is 1.36. The fourth-order valence-electron chi connectivity index (χ4n) is 1.84. The molecular formula is C17H16O3. The van der Waals surface area contributed by atoms with Gasteiger partial charge in [-0.1, -0.05) is 35.9 Å². The van der Waals surface area contributed by atoms with Gasteiger partial charge in [0.25, 0.3) is 0 Å². The number of phenolic OH excluding ortho intramolecular Hbond substituents is 1. The number of benzene rings is 2. The van der Waals surface area contributed by atoms with E-state index in [1.54, 1.807) is 18.2 Å². The van der Waals surface area contributed by atoms with Crippen LogP contribution in [0.2, 0.25) is 0 Å². The molecule has 0 unspecified atom stereocenters. The van der Waals surface area contributed by atoms with E-state index in [0.29, 0.717) is 5.56 Å². The van der Waals surface area contributed by atoms with Crippen molar-refractivity contribution < 1.29 is 14.6 Å². The molecule has 0 heterocycles. The molecule has 0 aliphatic rings. The van der Waals surface area contributed by atoms with Gasteiger partial charge in [-0.2, -0.15) is 0 Å². The molecule has 20 heavy (non-hydrogen) atoms. The van der Waals surface area contributed by atoms with Crippen molar-refractivity contribution in [3.8, 4) is 5.75 Å². The number of esters is 1. The maximum absolute atomic E-state index is 11.3. The van der Waals surface area contributed by atoms with Crippen LogP contribution in [0.5, 0.6) is 5.75 Å². The van der Waals surface area contributed by atoms with Crippen LogP contribution in [0.3, 0.4) is 0 Å². The average molecular weight is 268 g/mol. The molecule has 0 amide bonds. The highest BCUT2D eigenvalue weighted by atomic mass is 16.5. The van der Waals surface area contributed by atoms with E-state index in [1.165, 1.54) is 7.11 Å². The summed E-state index contributed by atoms with van der Waals surface area (Å²) in [5, 5.41) is 9.75. The smallest absolute Gasteiger partial charge is 0.337 e. The summed E-state index contributed by atoms with van der Waals surface area (Å²) < 4.78 is 4.64. The van der Waals surface area contributed by atoms with Crippen molar-refractivity contribution in [1.29, 1.82) is 0 Å². The lowest BCUT2D eigenvalue weighted by molar-refractivity contribution is 0.0600. The molecular weight excluding hydrogens is 252 g/mol. The van der Waals surface area contributed by atoms with Gasteiger partial charge in [0.1, 0.15) is 5.75 Å². The lowest BCUT2D eigenvalue weighted by atomic mass is 10.1. The maximum atomic E-state index is 11.3. The van der Waals surface area contributed by atoms with Crippen molar-refractivity contribution in [3.05, 3.63) is 64.7 Å². The van der Waals surface area contributed by atoms with Crippen LogP contribution in [0.15, 0.2) is 42.5 Å². The van der Waals surface area contributed by atoms with Crippen LogP contribution in [0, 0.1) is 6.92 Å². The second kappa shape index (κ2) is 6.06. The molecule has 1 N–H and O–H groups in total. The quantitative estimate of drug-likeness (QED) is 0.682. The summed E-state index contributed by atoms with van der Waals surface area (Å²) in [6.07, 6.45) is 3.73. The maximum Gasteiger partial charge on any atom is 0.337 e. The number of carbonyl (C=O) groups is 1. The number of ether oxygens (including phenoxy) is 1. The number of hydrogen-bond donors (Lipinski definition) is 1. The zero-order chi connectivity index (χ0) is 14.5. The van der Waals surface area contributed by atoms with Crippen LogP contribution < -0.4 is 0 Å². The number of hydrogen-bond acceptors (Lipinski definition) is 3. The molecule has 2 aromatic carbocycles. The topological polar surface area (TPSA) is 46.5 Å². The van der Waals surface area contributed by atoms with E-state index in [9.17, 15) is 9.90 Å². The number of carbonyl (C=O) groups excluding carboxylic acids is 1. The first-order valence-electron chi connectivity index (χ1n) is 6.26. The second-order valence-electron chi connectivity index (χ2n) is 4.51. The van der Waals surface area contributed by atoms with Crippen LogP contribution in [0.25, 0.3) is 12.2 Å². The highest BCUT2D eigenvalue weighted by molar-refractivity contribution is 5.89. The third-order valence-corrected chi connectivity index (χ3v) is 2.97. The van der Waals surface area contributed by atoms with Gasteiger partial charge in [0.15, 0.2) is 0 Å². The van der Waals surface area contributed by atoms with Gasteiger partial charge >= 0.3 is 5.97 Å². The predicted octanol–water partition coefficient (Wildman–Crippen LogP) is 3.66. The summed E-state index contributed by atoms with van der Waals surface area (Å²) in [5.74, 6) is -0.102. The third-order valence-electron chi connectivity index (χ3n) is 2.97. The van der Waals surface area contributed by atoms with Crippen LogP contribution in [0.4, 0.5) is 0 Å². The lowest BCUT2D eigenvalue weighted by Crippen LogP contribution is -2.00. The van der Waals surface area contributed by atoms with Crippen molar-refractivity contribution in [2.45, 2.75) is 6.92 Å². The van der Waals surface area contributed by atoms with E-state index in [0.717, 1.165) is 16.7 Å². The summed E-state index contributed by atoms with van der Waals surface area (Å²) in [6.45, 7) is 1.97. The minimum absolute atomic E-state index is 0.248. The van der Waals surface area contributed by atoms with Crippen molar-refractivity contribution in [2.24, 2.45) is 0 Å². The van der Waals surface area contributed by atoms with E-state index < -0.39 is 0 Å². The molecule has 0 atom stereocenters. The highest BCUT2D eigenvalue weighted by Gasteiger charge is 2.03. The van der Waals surface area contributed by atoms with Crippen LogP contribution in [-0.2, 0) is 4.74 Å². The fourth-order valence-corrected chi connectivity index (χ4v) is 1.84. The molecule has 0 saturated heterocycles. The molecule has 0 aromatic heterocycles. The summed E-state index contributed by atoms with van der Waals surface area (Å²) >= 11 is 0. The highest BCUT2D eigenvalue weighted by Crippen LogP contribution is 2.21. The largest absolute Gasteiger partial charge is 0.507 e. The molecule has 2 rings (SSSR count). The first-order chi connectivity index (χ1) is 9.60. The predicted molar refractivity (Wildman–Crippen MR) is 79.6 cm³/mol. The molecule has 0 aliphatic carbocycles. The molecule has 0 fully saturated rings. The van der Waals surface area contributed by atoms with Gasteiger partial charge in [-0.3, -0.25) is 0 Å². The van der Waals surface area contributed by atoms with Gasteiger partial charge in [0, 0.05) is 5.56 Å². The number of rotatable bonds is 3. The fraction of sp³-hybridized carbons (Fsp3) is 0.118. The Balaban J connectivity index is 2.19. The van der Waals surface area contributed by atoms with Gasteiger partial charge in [-0.25, -0.2) is 4.79 Å². The van der Waals surface area contributed by atoms with Crippen LogP contribution in [0.1, 0.15) is 27.0 Å². The molecule has 2 aromatic rings. The van der Waals surface area contributed by atoms with E-state index in [2.05, 4.69) is 4.74 Å². The van der Waals surface area contributed by atoms with Gasteiger partial charge in [0.2, 0.25) is 0 Å². The SMILES string of the molecule is COC(=O)c1ccc(/C=C/c2cc(C)ccc2O)cc1. The van der Waals surface area contributed by atoms with E-state index >= 15 is 0 Å². The number of phenols is 1. The Morgan fingerprint density at radius 3 is 2.45 bits per heavy atom. The van der Waals surface area contributed by atoms with E-state index in [1.807, 2.05) is 43.3 Å².